The van der Waals surface area contributed by atoms with Gasteiger partial charge in [-0.25, -0.2) is 8.42 Å². The summed E-state index contributed by atoms with van der Waals surface area (Å²) in [5.74, 6) is -0.162. The van der Waals surface area contributed by atoms with Gasteiger partial charge >= 0.3 is 0 Å². The van der Waals surface area contributed by atoms with E-state index < -0.39 is 10.0 Å². The number of carbonyl (C=O) groups is 1. The van der Waals surface area contributed by atoms with E-state index in [0.29, 0.717) is 36.6 Å². The predicted octanol–water partition coefficient (Wildman–Crippen LogP) is 3.19. The number of rotatable bonds is 3. The second kappa shape index (κ2) is 7.78. The van der Waals surface area contributed by atoms with Crippen molar-refractivity contribution in [2.45, 2.75) is 18.2 Å². The highest BCUT2D eigenvalue weighted by Crippen LogP contribution is 2.21. The van der Waals surface area contributed by atoms with Crippen molar-refractivity contribution in [3.05, 3.63) is 64.7 Å². The molecule has 1 amide bonds. The first kappa shape index (κ1) is 18.9. The Bertz CT molecular complexity index is 897. The third kappa shape index (κ3) is 3.92. The Hall–Kier alpha value is -1.89. The van der Waals surface area contributed by atoms with Crippen molar-refractivity contribution in [1.82, 2.24) is 9.21 Å². The Balaban J connectivity index is 1.75. The number of halogens is 1. The Morgan fingerprint density at radius 3 is 2.35 bits per heavy atom. The van der Waals surface area contributed by atoms with Crippen LogP contribution in [0.4, 0.5) is 0 Å². The number of carbonyl (C=O) groups excluding carboxylic acids is 1. The molecule has 0 radical (unpaired) electrons. The summed E-state index contributed by atoms with van der Waals surface area (Å²) >= 11 is 6.12. The van der Waals surface area contributed by atoms with Crippen LogP contribution in [0.5, 0.6) is 0 Å². The van der Waals surface area contributed by atoms with Crippen LogP contribution in [0.3, 0.4) is 0 Å². The molecule has 1 fully saturated rings. The summed E-state index contributed by atoms with van der Waals surface area (Å²) in [5, 5.41) is 0.408. The maximum absolute atomic E-state index is 12.9. The van der Waals surface area contributed by atoms with Crippen LogP contribution in [0.2, 0.25) is 5.02 Å². The first-order valence-corrected chi connectivity index (χ1v) is 10.3. The number of sulfonamides is 1. The highest BCUT2D eigenvalue weighted by molar-refractivity contribution is 7.89. The molecule has 1 aliphatic heterocycles. The van der Waals surface area contributed by atoms with Gasteiger partial charge in [-0.1, -0.05) is 41.4 Å². The van der Waals surface area contributed by atoms with E-state index in [1.54, 1.807) is 53.4 Å². The van der Waals surface area contributed by atoms with Crippen molar-refractivity contribution in [3.8, 4) is 0 Å². The van der Waals surface area contributed by atoms with Crippen LogP contribution < -0.4 is 0 Å². The zero-order valence-corrected chi connectivity index (χ0v) is 16.1. The second-order valence-corrected chi connectivity index (χ2v) is 8.69. The fourth-order valence-electron chi connectivity index (χ4n) is 3.00. The van der Waals surface area contributed by atoms with Crippen molar-refractivity contribution in [1.29, 1.82) is 0 Å². The summed E-state index contributed by atoms with van der Waals surface area (Å²) in [4.78, 5) is 14.7. The van der Waals surface area contributed by atoms with Crippen molar-refractivity contribution in [2.24, 2.45) is 0 Å². The number of hydrogen-bond acceptors (Lipinski definition) is 3. The van der Waals surface area contributed by atoms with Crippen LogP contribution in [0, 0.1) is 6.92 Å². The molecule has 0 bridgehead atoms. The minimum atomic E-state index is -3.55. The number of nitrogens with zero attached hydrogens (tertiary/aromatic N) is 2. The van der Waals surface area contributed by atoms with Gasteiger partial charge in [0.25, 0.3) is 5.91 Å². The van der Waals surface area contributed by atoms with Crippen LogP contribution in [0.25, 0.3) is 0 Å². The first-order chi connectivity index (χ1) is 12.4. The van der Waals surface area contributed by atoms with Crippen molar-refractivity contribution < 1.29 is 13.2 Å². The molecule has 0 aliphatic carbocycles. The first-order valence-electron chi connectivity index (χ1n) is 8.50. The summed E-state index contributed by atoms with van der Waals surface area (Å²) in [6.07, 6.45) is 0.585. The van der Waals surface area contributed by atoms with Crippen LogP contribution >= 0.6 is 11.6 Å². The van der Waals surface area contributed by atoms with E-state index in [2.05, 4.69) is 0 Å². The van der Waals surface area contributed by atoms with E-state index in [-0.39, 0.29) is 17.3 Å². The van der Waals surface area contributed by atoms with Crippen molar-refractivity contribution in [3.63, 3.8) is 0 Å². The smallest absolute Gasteiger partial charge is 0.255 e. The number of benzene rings is 2. The van der Waals surface area contributed by atoms with E-state index in [1.807, 2.05) is 6.92 Å². The minimum absolute atomic E-state index is 0.162. The summed E-state index contributed by atoms with van der Waals surface area (Å²) in [5.41, 5.74) is 1.46. The van der Waals surface area contributed by atoms with Gasteiger partial charge < -0.3 is 4.90 Å². The fraction of sp³-hybridized carbons (Fsp3) is 0.316. The molecule has 2 aromatic carbocycles. The molecule has 0 saturated carbocycles. The van der Waals surface area contributed by atoms with Gasteiger partial charge in [0.2, 0.25) is 10.0 Å². The van der Waals surface area contributed by atoms with E-state index >= 15 is 0 Å². The van der Waals surface area contributed by atoms with Gasteiger partial charge in [-0.2, -0.15) is 4.31 Å². The summed E-state index contributed by atoms with van der Waals surface area (Å²) in [7, 11) is -3.55. The molecule has 138 valence electrons. The van der Waals surface area contributed by atoms with Crippen LogP contribution in [0.15, 0.2) is 53.4 Å². The van der Waals surface area contributed by atoms with Crippen molar-refractivity contribution in [2.75, 3.05) is 26.2 Å². The van der Waals surface area contributed by atoms with E-state index in [1.165, 1.54) is 4.31 Å². The van der Waals surface area contributed by atoms with E-state index in [9.17, 15) is 13.2 Å². The topological polar surface area (TPSA) is 57.7 Å². The number of aryl methyl sites for hydroxylation is 1. The molecule has 2 aromatic rings. The monoisotopic (exact) mass is 392 g/mol. The van der Waals surface area contributed by atoms with Crippen molar-refractivity contribution >= 4 is 27.5 Å². The third-order valence-electron chi connectivity index (χ3n) is 4.51. The lowest BCUT2D eigenvalue weighted by atomic mass is 10.2. The zero-order valence-electron chi connectivity index (χ0n) is 14.6. The number of amides is 1. The quantitative estimate of drug-likeness (QED) is 0.806. The minimum Gasteiger partial charge on any atom is -0.337 e. The normalized spacial score (nSPS) is 16.3. The number of hydrogen-bond donors (Lipinski definition) is 0. The Morgan fingerprint density at radius 2 is 1.65 bits per heavy atom. The van der Waals surface area contributed by atoms with Gasteiger partial charge in [0, 0.05) is 26.2 Å². The molecule has 1 saturated heterocycles. The van der Waals surface area contributed by atoms with Gasteiger partial charge in [0.15, 0.2) is 0 Å². The zero-order chi connectivity index (χ0) is 18.7. The lowest BCUT2D eigenvalue weighted by molar-refractivity contribution is 0.0764. The Labute approximate surface area is 159 Å². The third-order valence-corrected chi connectivity index (χ3v) is 6.75. The maximum atomic E-state index is 12.9. The van der Waals surface area contributed by atoms with Gasteiger partial charge in [-0.15, -0.1) is 0 Å². The molecule has 26 heavy (non-hydrogen) atoms. The predicted molar refractivity (Wildman–Crippen MR) is 102 cm³/mol. The van der Waals surface area contributed by atoms with E-state index in [4.69, 9.17) is 11.6 Å². The molecule has 3 rings (SSSR count). The molecular formula is C19H21ClN2O3S. The average Bonchev–Trinajstić information content (AvgIpc) is 2.89. The molecule has 0 spiro atoms. The lowest BCUT2D eigenvalue weighted by Crippen LogP contribution is -2.37. The fourth-order valence-corrected chi connectivity index (χ4v) is 4.69. The van der Waals surface area contributed by atoms with Gasteiger partial charge in [-0.05, 0) is 37.6 Å². The van der Waals surface area contributed by atoms with E-state index in [0.717, 1.165) is 5.56 Å². The largest absolute Gasteiger partial charge is 0.337 e. The summed E-state index contributed by atoms with van der Waals surface area (Å²) < 4.78 is 27.2. The standard InChI is InChI=1S/C19H21ClN2O3S/c1-15-7-9-16(10-8-15)26(24,25)22-12-4-11-21(13-14-22)19(23)17-5-2-3-6-18(17)20/h2-3,5-10H,4,11-14H2,1H3. The van der Waals surface area contributed by atoms with Crippen LogP contribution in [-0.4, -0.2) is 49.7 Å². The van der Waals surface area contributed by atoms with Gasteiger partial charge in [-0.3, -0.25) is 4.79 Å². The van der Waals surface area contributed by atoms with Crippen LogP contribution in [0.1, 0.15) is 22.3 Å². The van der Waals surface area contributed by atoms with Gasteiger partial charge in [0.05, 0.1) is 15.5 Å². The molecule has 1 aliphatic rings. The molecule has 0 atom stereocenters. The highest BCUT2D eigenvalue weighted by Gasteiger charge is 2.28. The Kier molecular flexibility index (Phi) is 5.65. The summed E-state index contributed by atoms with van der Waals surface area (Å²) in [6, 6.07) is 13.7. The average molecular weight is 393 g/mol. The van der Waals surface area contributed by atoms with Crippen LogP contribution in [-0.2, 0) is 10.0 Å². The second-order valence-electron chi connectivity index (χ2n) is 6.34. The van der Waals surface area contributed by atoms with Gasteiger partial charge in [0.1, 0.15) is 0 Å². The molecule has 7 heteroatoms. The molecule has 0 aromatic heterocycles. The molecule has 1 heterocycles. The molecule has 0 N–H and O–H groups in total. The SMILES string of the molecule is Cc1ccc(S(=O)(=O)N2CCCN(C(=O)c3ccccc3Cl)CC2)cc1. The lowest BCUT2D eigenvalue weighted by Gasteiger charge is -2.22. The molecule has 5 nitrogen and oxygen atoms in total. The highest BCUT2D eigenvalue weighted by atomic mass is 35.5. The molecule has 0 unspecified atom stereocenters. The maximum Gasteiger partial charge on any atom is 0.255 e. The molecular weight excluding hydrogens is 372 g/mol. The Morgan fingerprint density at radius 1 is 0.962 bits per heavy atom. The summed E-state index contributed by atoms with van der Waals surface area (Å²) in [6.45, 7) is 3.43.